The van der Waals surface area contributed by atoms with E-state index >= 15 is 0 Å². The molecule has 0 radical (unpaired) electrons. The van der Waals surface area contributed by atoms with Crippen LogP contribution in [0.15, 0.2) is 18.2 Å². The number of methoxy groups -OCH3 is 1. The Morgan fingerprint density at radius 3 is 2.69 bits per heavy atom. The molecule has 0 spiro atoms. The molecule has 1 aliphatic heterocycles. The van der Waals surface area contributed by atoms with Crippen molar-refractivity contribution in [2.24, 2.45) is 0 Å². The molecular formula is C10H11ClO2. The highest BCUT2D eigenvalue weighted by atomic mass is 35.5. The Balaban J connectivity index is 2.32. The molecule has 0 unspecified atom stereocenters. The molecule has 2 atom stereocenters. The van der Waals surface area contributed by atoms with Crippen LogP contribution in [0.1, 0.15) is 18.6 Å². The number of ether oxygens (including phenoxy) is 2. The van der Waals surface area contributed by atoms with Crippen LogP contribution < -0.4 is 4.74 Å². The Hall–Kier alpha value is -0.730. The zero-order chi connectivity index (χ0) is 9.42. The maximum Gasteiger partial charge on any atom is 0.119 e. The van der Waals surface area contributed by atoms with Gasteiger partial charge in [0, 0.05) is 10.6 Å². The molecule has 1 heterocycles. The van der Waals surface area contributed by atoms with Crippen LogP contribution in [-0.4, -0.2) is 13.2 Å². The van der Waals surface area contributed by atoms with Gasteiger partial charge in [0.25, 0.3) is 0 Å². The molecule has 1 aliphatic rings. The molecule has 1 fully saturated rings. The molecule has 2 rings (SSSR count). The second kappa shape index (κ2) is 3.20. The largest absolute Gasteiger partial charge is 0.497 e. The summed E-state index contributed by atoms with van der Waals surface area (Å²) in [4.78, 5) is 0. The van der Waals surface area contributed by atoms with E-state index in [4.69, 9.17) is 21.1 Å². The minimum Gasteiger partial charge on any atom is -0.497 e. The van der Waals surface area contributed by atoms with Crippen LogP contribution in [0.25, 0.3) is 0 Å². The average molecular weight is 199 g/mol. The molecule has 0 aromatic heterocycles. The van der Waals surface area contributed by atoms with Gasteiger partial charge < -0.3 is 9.47 Å². The summed E-state index contributed by atoms with van der Waals surface area (Å²) in [5.74, 6) is 0.821. The zero-order valence-corrected chi connectivity index (χ0v) is 8.34. The van der Waals surface area contributed by atoms with Crippen molar-refractivity contribution in [3.05, 3.63) is 28.8 Å². The molecule has 0 aliphatic carbocycles. The van der Waals surface area contributed by atoms with Gasteiger partial charge in [0.1, 0.15) is 11.9 Å². The Bertz CT molecular complexity index is 325. The quantitative estimate of drug-likeness (QED) is 0.682. The first-order valence-electron chi connectivity index (χ1n) is 4.21. The van der Waals surface area contributed by atoms with Crippen molar-refractivity contribution in [3.8, 4) is 5.75 Å². The first-order chi connectivity index (χ1) is 6.22. The van der Waals surface area contributed by atoms with Gasteiger partial charge in [0.05, 0.1) is 13.2 Å². The monoisotopic (exact) mass is 198 g/mol. The molecule has 0 amide bonds. The maximum absolute atomic E-state index is 6.02. The molecule has 0 saturated carbocycles. The highest BCUT2D eigenvalue weighted by Crippen LogP contribution is 2.42. The predicted octanol–water partition coefficient (Wildman–Crippen LogP) is 2.81. The normalized spacial score (nSPS) is 25.8. The van der Waals surface area contributed by atoms with E-state index < -0.39 is 0 Å². The summed E-state index contributed by atoms with van der Waals surface area (Å²) in [6, 6.07) is 5.61. The Labute approximate surface area is 82.4 Å². The zero-order valence-electron chi connectivity index (χ0n) is 7.58. The second-order valence-electron chi connectivity index (χ2n) is 3.15. The molecule has 0 N–H and O–H groups in total. The average Bonchev–Trinajstić information content (AvgIpc) is 2.83. The lowest BCUT2D eigenvalue weighted by atomic mass is 10.1. The van der Waals surface area contributed by atoms with Gasteiger partial charge in [-0.3, -0.25) is 0 Å². The predicted molar refractivity (Wildman–Crippen MR) is 51.3 cm³/mol. The van der Waals surface area contributed by atoms with Gasteiger partial charge in [0.15, 0.2) is 0 Å². The lowest BCUT2D eigenvalue weighted by Gasteiger charge is -2.03. The number of hydrogen-bond acceptors (Lipinski definition) is 2. The Morgan fingerprint density at radius 1 is 1.46 bits per heavy atom. The summed E-state index contributed by atoms with van der Waals surface area (Å²) in [7, 11) is 1.64. The van der Waals surface area contributed by atoms with Crippen LogP contribution in [0, 0.1) is 0 Å². The van der Waals surface area contributed by atoms with Gasteiger partial charge in [-0.1, -0.05) is 11.6 Å². The van der Waals surface area contributed by atoms with Crippen molar-refractivity contribution >= 4 is 11.6 Å². The third kappa shape index (κ3) is 1.64. The Kier molecular flexibility index (Phi) is 2.18. The first-order valence-corrected chi connectivity index (χ1v) is 4.59. The van der Waals surface area contributed by atoms with E-state index in [2.05, 4.69) is 0 Å². The van der Waals surface area contributed by atoms with Gasteiger partial charge in [-0.25, -0.2) is 0 Å². The molecule has 1 aromatic carbocycles. The summed E-state index contributed by atoms with van der Waals surface area (Å²) >= 11 is 6.02. The topological polar surface area (TPSA) is 21.8 Å². The third-order valence-corrected chi connectivity index (χ3v) is 2.56. The number of epoxide rings is 1. The lowest BCUT2D eigenvalue weighted by Crippen LogP contribution is -1.88. The van der Waals surface area contributed by atoms with Crippen molar-refractivity contribution in [1.82, 2.24) is 0 Å². The van der Waals surface area contributed by atoms with E-state index in [1.54, 1.807) is 7.11 Å². The van der Waals surface area contributed by atoms with E-state index in [1.165, 1.54) is 0 Å². The van der Waals surface area contributed by atoms with Gasteiger partial charge in [-0.05, 0) is 25.1 Å². The Morgan fingerprint density at radius 2 is 2.15 bits per heavy atom. The summed E-state index contributed by atoms with van der Waals surface area (Å²) in [5.41, 5.74) is 1.02. The number of halogens is 1. The molecule has 3 heteroatoms. The second-order valence-corrected chi connectivity index (χ2v) is 3.56. The lowest BCUT2D eigenvalue weighted by molar-refractivity contribution is 0.381. The van der Waals surface area contributed by atoms with E-state index in [-0.39, 0.29) is 12.2 Å². The van der Waals surface area contributed by atoms with Crippen molar-refractivity contribution in [3.63, 3.8) is 0 Å². The molecule has 1 saturated heterocycles. The SMILES string of the molecule is COc1ccc(Cl)c([C@H]2O[C@@H]2C)c1. The van der Waals surface area contributed by atoms with Crippen molar-refractivity contribution in [2.45, 2.75) is 19.1 Å². The third-order valence-electron chi connectivity index (χ3n) is 2.22. The van der Waals surface area contributed by atoms with Crippen LogP contribution >= 0.6 is 11.6 Å². The fraction of sp³-hybridized carbons (Fsp3) is 0.400. The fourth-order valence-electron chi connectivity index (χ4n) is 1.38. The van der Waals surface area contributed by atoms with Gasteiger partial charge in [-0.2, -0.15) is 0 Å². The van der Waals surface area contributed by atoms with Gasteiger partial charge in [0.2, 0.25) is 0 Å². The van der Waals surface area contributed by atoms with Crippen LogP contribution in [0.2, 0.25) is 5.02 Å². The van der Waals surface area contributed by atoms with Gasteiger partial charge >= 0.3 is 0 Å². The molecular weight excluding hydrogens is 188 g/mol. The standard InChI is InChI=1S/C10H11ClO2/c1-6-10(13-6)8-5-7(12-2)3-4-9(8)11/h3-6,10H,1-2H3/t6-,10+/m1/s1. The van der Waals surface area contributed by atoms with Crippen molar-refractivity contribution in [2.75, 3.05) is 7.11 Å². The highest BCUT2D eigenvalue weighted by molar-refractivity contribution is 6.31. The fourth-order valence-corrected chi connectivity index (χ4v) is 1.60. The summed E-state index contributed by atoms with van der Waals surface area (Å²) in [5, 5.41) is 0.746. The van der Waals surface area contributed by atoms with E-state index in [9.17, 15) is 0 Å². The van der Waals surface area contributed by atoms with Crippen LogP contribution in [0.5, 0.6) is 5.75 Å². The van der Waals surface area contributed by atoms with Crippen LogP contribution in [-0.2, 0) is 4.74 Å². The van der Waals surface area contributed by atoms with Crippen LogP contribution in [0.3, 0.4) is 0 Å². The minimum atomic E-state index is 0.155. The van der Waals surface area contributed by atoms with Crippen molar-refractivity contribution < 1.29 is 9.47 Å². The number of hydrogen-bond donors (Lipinski definition) is 0. The first kappa shape index (κ1) is 8.85. The molecule has 70 valence electrons. The van der Waals surface area contributed by atoms with Crippen LogP contribution in [0.4, 0.5) is 0 Å². The molecule has 1 aromatic rings. The molecule has 13 heavy (non-hydrogen) atoms. The van der Waals surface area contributed by atoms with E-state index in [1.807, 2.05) is 25.1 Å². The van der Waals surface area contributed by atoms with Gasteiger partial charge in [-0.15, -0.1) is 0 Å². The van der Waals surface area contributed by atoms with Crippen molar-refractivity contribution in [1.29, 1.82) is 0 Å². The van der Waals surface area contributed by atoms with E-state index in [0.29, 0.717) is 0 Å². The van der Waals surface area contributed by atoms with E-state index in [0.717, 1.165) is 16.3 Å². The number of rotatable bonds is 2. The highest BCUT2D eigenvalue weighted by Gasteiger charge is 2.37. The molecule has 2 nitrogen and oxygen atoms in total. The molecule has 0 bridgehead atoms. The minimum absolute atomic E-state index is 0.155. The summed E-state index contributed by atoms with van der Waals surface area (Å²) in [6.45, 7) is 2.03. The number of benzene rings is 1. The maximum atomic E-state index is 6.02. The summed E-state index contributed by atoms with van der Waals surface area (Å²) < 4.78 is 10.5. The smallest absolute Gasteiger partial charge is 0.119 e. The summed E-state index contributed by atoms with van der Waals surface area (Å²) in [6.07, 6.45) is 0.437.